The highest BCUT2D eigenvalue weighted by atomic mass is 16.3. The Morgan fingerprint density at radius 3 is 3.08 bits per heavy atom. The first kappa shape index (κ1) is 9.78. The highest BCUT2D eigenvalue weighted by molar-refractivity contribution is 5.10. The molecular formula is C9H13N3O. The van der Waals surface area contributed by atoms with Crippen LogP contribution in [0, 0.1) is 12.3 Å². The zero-order valence-corrected chi connectivity index (χ0v) is 7.51. The van der Waals surface area contributed by atoms with Crippen LogP contribution in [-0.2, 0) is 6.54 Å². The average molecular weight is 179 g/mol. The fourth-order valence-electron chi connectivity index (χ4n) is 1.02. The smallest absolute Gasteiger partial charge is 0.101 e. The summed E-state index contributed by atoms with van der Waals surface area (Å²) in [6.45, 7) is 2.15. The lowest BCUT2D eigenvalue weighted by molar-refractivity contribution is 0.153. The van der Waals surface area contributed by atoms with Gasteiger partial charge in [-0.05, 0) is 6.92 Å². The van der Waals surface area contributed by atoms with Crippen molar-refractivity contribution in [3.8, 4) is 12.3 Å². The van der Waals surface area contributed by atoms with E-state index in [4.69, 9.17) is 12.2 Å². The van der Waals surface area contributed by atoms with Crippen LogP contribution in [0.25, 0.3) is 0 Å². The van der Waals surface area contributed by atoms with E-state index in [0.717, 1.165) is 0 Å². The summed E-state index contributed by atoms with van der Waals surface area (Å²) in [5.74, 6) is 2.45. The molecule has 0 saturated heterocycles. The molecule has 0 amide bonds. The molecule has 70 valence electrons. The van der Waals surface area contributed by atoms with Crippen LogP contribution >= 0.6 is 0 Å². The fourth-order valence-corrected chi connectivity index (χ4v) is 1.02. The van der Waals surface area contributed by atoms with Crippen molar-refractivity contribution in [1.82, 2.24) is 9.78 Å². The Morgan fingerprint density at radius 2 is 2.54 bits per heavy atom. The van der Waals surface area contributed by atoms with Crippen molar-refractivity contribution in [2.45, 2.75) is 25.6 Å². The summed E-state index contributed by atoms with van der Waals surface area (Å²) < 4.78 is 1.58. The van der Waals surface area contributed by atoms with Crippen LogP contribution in [0.5, 0.6) is 0 Å². The summed E-state index contributed by atoms with van der Waals surface area (Å²) in [4.78, 5) is 0. The number of aliphatic hydroxyl groups is 1. The lowest BCUT2D eigenvalue weighted by atomic mass is 10.1. The maximum absolute atomic E-state index is 9.55. The number of terminal acetylenes is 1. The molecule has 0 aromatic carbocycles. The van der Waals surface area contributed by atoms with Gasteiger partial charge in [-0.2, -0.15) is 5.10 Å². The van der Waals surface area contributed by atoms with Gasteiger partial charge in [0.15, 0.2) is 0 Å². The molecule has 3 N–H and O–H groups in total. The predicted octanol–water partition coefficient (Wildman–Crippen LogP) is -0.103. The van der Waals surface area contributed by atoms with Gasteiger partial charge in [-0.25, -0.2) is 0 Å². The molecule has 1 heterocycles. The van der Waals surface area contributed by atoms with Crippen molar-refractivity contribution in [3.63, 3.8) is 0 Å². The van der Waals surface area contributed by atoms with Crippen LogP contribution in [0.3, 0.4) is 0 Å². The Kier molecular flexibility index (Phi) is 3.07. The molecule has 0 aliphatic rings. The van der Waals surface area contributed by atoms with Gasteiger partial charge in [-0.15, -0.1) is 6.42 Å². The summed E-state index contributed by atoms with van der Waals surface area (Å²) in [5, 5.41) is 13.5. The molecule has 0 saturated carbocycles. The van der Waals surface area contributed by atoms with Crippen LogP contribution in [0.4, 0.5) is 0 Å². The summed E-state index contributed by atoms with van der Waals surface area (Å²) in [6, 6.07) is -0.302. The molecule has 13 heavy (non-hydrogen) atoms. The summed E-state index contributed by atoms with van der Waals surface area (Å²) in [5.41, 5.74) is 6.22. The van der Waals surface area contributed by atoms with Gasteiger partial charge in [0.1, 0.15) is 6.54 Å². The molecular weight excluding hydrogens is 166 g/mol. The third-order valence-electron chi connectivity index (χ3n) is 1.75. The normalized spacial score (nSPS) is 14.9. The summed E-state index contributed by atoms with van der Waals surface area (Å²) >= 11 is 0. The van der Waals surface area contributed by atoms with Crippen LogP contribution < -0.4 is 5.73 Å². The van der Waals surface area contributed by atoms with E-state index in [-0.39, 0.29) is 6.04 Å². The zero-order valence-electron chi connectivity index (χ0n) is 7.51. The quantitative estimate of drug-likeness (QED) is 0.637. The maximum Gasteiger partial charge on any atom is 0.101 e. The molecule has 4 nitrogen and oxygen atoms in total. The molecule has 1 aromatic heterocycles. The number of nitrogens with two attached hydrogens (primary N) is 1. The Bertz CT molecular complexity index is 311. The molecule has 2 unspecified atom stereocenters. The zero-order chi connectivity index (χ0) is 9.84. The third-order valence-corrected chi connectivity index (χ3v) is 1.75. The van der Waals surface area contributed by atoms with Gasteiger partial charge in [0, 0.05) is 17.8 Å². The van der Waals surface area contributed by atoms with E-state index in [0.29, 0.717) is 12.1 Å². The van der Waals surface area contributed by atoms with Crippen molar-refractivity contribution < 1.29 is 5.11 Å². The van der Waals surface area contributed by atoms with Gasteiger partial charge in [0.05, 0.1) is 12.3 Å². The van der Waals surface area contributed by atoms with Crippen molar-refractivity contribution in [2.75, 3.05) is 0 Å². The minimum absolute atomic E-state index is 0.302. The SMILES string of the molecule is C#CCn1cc(C(O)C(C)N)cn1. The Hall–Kier alpha value is -1.31. The topological polar surface area (TPSA) is 64.1 Å². The van der Waals surface area contributed by atoms with Crippen LogP contribution in [0.1, 0.15) is 18.6 Å². The molecule has 1 aromatic rings. The van der Waals surface area contributed by atoms with E-state index in [1.165, 1.54) is 0 Å². The van der Waals surface area contributed by atoms with Crippen LogP contribution in [0.15, 0.2) is 12.4 Å². The molecule has 0 fully saturated rings. The van der Waals surface area contributed by atoms with Crippen molar-refractivity contribution in [1.29, 1.82) is 0 Å². The van der Waals surface area contributed by atoms with Crippen molar-refractivity contribution >= 4 is 0 Å². The van der Waals surface area contributed by atoms with E-state index in [1.54, 1.807) is 24.0 Å². The number of hydrogen-bond acceptors (Lipinski definition) is 3. The van der Waals surface area contributed by atoms with Crippen molar-refractivity contribution in [3.05, 3.63) is 18.0 Å². The van der Waals surface area contributed by atoms with Crippen LogP contribution in [0.2, 0.25) is 0 Å². The van der Waals surface area contributed by atoms with Gasteiger partial charge in [0.25, 0.3) is 0 Å². The van der Waals surface area contributed by atoms with Crippen LogP contribution in [-0.4, -0.2) is 20.9 Å². The number of aliphatic hydroxyl groups excluding tert-OH is 1. The molecule has 0 spiro atoms. The standard InChI is InChI=1S/C9H13N3O/c1-3-4-12-6-8(5-11-12)9(13)7(2)10/h1,5-7,9,13H,4,10H2,2H3. The van der Waals surface area contributed by atoms with E-state index in [2.05, 4.69) is 11.0 Å². The van der Waals surface area contributed by atoms with E-state index < -0.39 is 6.10 Å². The fraction of sp³-hybridized carbons (Fsp3) is 0.444. The van der Waals surface area contributed by atoms with E-state index in [1.807, 2.05) is 0 Å². The second-order valence-corrected chi connectivity index (χ2v) is 2.98. The first-order chi connectivity index (χ1) is 6.15. The lowest BCUT2D eigenvalue weighted by Gasteiger charge is -2.11. The minimum atomic E-state index is -0.675. The van der Waals surface area contributed by atoms with Gasteiger partial charge < -0.3 is 10.8 Å². The maximum atomic E-state index is 9.55. The monoisotopic (exact) mass is 179 g/mol. The number of aromatic nitrogens is 2. The Morgan fingerprint density at radius 1 is 1.85 bits per heavy atom. The number of nitrogens with zero attached hydrogens (tertiary/aromatic N) is 2. The van der Waals surface area contributed by atoms with Gasteiger partial charge in [0.2, 0.25) is 0 Å². The summed E-state index contributed by atoms with van der Waals surface area (Å²) in [6.07, 6.45) is 7.71. The Labute approximate surface area is 77.4 Å². The first-order valence-electron chi connectivity index (χ1n) is 4.04. The Balaban J connectivity index is 2.74. The van der Waals surface area contributed by atoms with E-state index in [9.17, 15) is 5.11 Å². The molecule has 2 atom stereocenters. The lowest BCUT2D eigenvalue weighted by Crippen LogP contribution is -2.24. The largest absolute Gasteiger partial charge is 0.387 e. The predicted molar refractivity (Wildman–Crippen MR) is 49.7 cm³/mol. The molecule has 0 aliphatic heterocycles. The minimum Gasteiger partial charge on any atom is -0.387 e. The highest BCUT2D eigenvalue weighted by Gasteiger charge is 2.13. The second kappa shape index (κ2) is 4.08. The average Bonchev–Trinajstić information content (AvgIpc) is 2.52. The molecule has 0 radical (unpaired) electrons. The molecule has 4 heteroatoms. The molecule has 0 bridgehead atoms. The van der Waals surface area contributed by atoms with Gasteiger partial charge in [-0.1, -0.05) is 5.92 Å². The number of rotatable bonds is 3. The van der Waals surface area contributed by atoms with Gasteiger partial charge >= 0.3 is 0 Å². The van der Waals surface area contributed by atoms with Crippen molar-refractivity contribution in [2.24, 2.45) is 5.73 Å². The summed E-state index contributed by atoms with van der Waals surface area (Å²) in [7, 11) is 0. The third kappa shape index (κ3) is 2.31. The number of hydrogen-bond donors (Lipinski definition) is 2. The first-order valence-corrected chi connectivity index (χ1v) is 4.04. The molecule has 1 rings (SSSR count). The highest BCUT2D eigenvalue weighted by Crippen LogP contribution is 2.13. The second-order valence-electron chi connectivity index (χ2n) is 2.98. The molecule has 0 aliphatic carbocycles. The van der Waals surface area contributed by atoms with Gasteiger partial charge in [-0.3, -0.25) is 4.68 Å². The van der Waals surface area contributed by atoms with E-state index >= 15 is 0 Å².